The summed E-state index contributed by atoms with van der Waals surface area (Å²) in [6.45, 7) is 1.47. The number of halogens is 2. The van der Waals surface area contributed by atoms with Crippen LogP contribution < -0.4 is 0 Å². The van der Waals surface area contributed by atoms with E-state index < -0.39 is 5.41 Å². The van der Waals surface area contributed by atoms with Gasteiger partial charge in [0.05, 0.1) is 23.8 Å². The summed E-state index contributed by atoms with van der Waals surface area (Å²) in [6, 6.07) is 4.66. The van der Waals surface area contributed by atoms with Gasteiger partial charge in [0.15, 0.2) is 0 Å². The molecule has 1 aromatic carbocycles. The molecule has 0 unspecified atom stereocenters. The Morgan fingerprint density at radius 3 is 2.42 bits per heavy atom. The number of benzene rings is 1. The van der Waals surface area contributed by atoms with Crippen molar-refractivity contribution in [3.05, 3.63) is 33.8 Å². The van der Waals surface area contributed by atoms with Gasteiger partial charge in [-0.15, -0.1) is 0 Å². The third-order valence-corrected chi connectivity index (χ3v) is 3.45. The fourth-order valence-electron chi connectivity index (χ4n) is 1.66. The highest BCUT2D eigenvalue weighted by atomic mass is 35.5. The number of aliphatic hydroxyl groups is 2. The SMILES string of the molecule is CN(CC(C)(CO)CO)C(=O)c1cc(Cl)ccc1Cl. The maximum Gasteiger partial charge on any atom is 0.255 e. The molecule has 19 heavy (non-hydrogen) atoms. The van der Waals surface area contributed by atoms with Crippen LogP contribution in [0.1, 0.15) is 17.3 Å². The monoisotopic (exact) mass is 305 g/mol. The summed E-state index contributed by atoms with van der Waals surface area (Å²) < 4.78 is 0. The molecule has 0 radical (unpaired) electrons. The Balaban J connectivity index is 2.91. The highest BCUT2D eigenvalue weighted by molar-refractivity contribution is 6.35. The van der Waals surface area contributed by atoms with Crippen LogP contribution in [0.25, 0.3) is 0 Å². The summed E-state index contributed by atoms with van der Waals surface area (Å²) in [4.78, 5) is 13.7. The van der Waals surface area contributed by atoms with Crippen LogP contribution in [0.3, 0.4) is 0 Å². The fourth-order valence-corrected chi connectivity index (χ4v) is 2.03. The number of hydrogen-bond donors (Lipinski definition) is 2. The van der Waals surface area contributed by atoms with Gasteiger partial charge in [-0.1, -0.05) is 30.1 Å². The van der Waals surface area contributed by atoms with Gasteiger partial charge in [0, 0.05) is 24.0 Å². The Kier molecular flexibility index (Phi) is 5.62. The fraction of sp³-hybridized carbons (Fsp3) is 0.462. The molecule has 6 heteroatoms. The maximum absolute atomic E-state index is 12.2. The molecule has 0 spiro atoms. The number of hydrogen-bond acceptors (Lipinski definition) is 3. The molecule has 1 amide bonds. The molecule has 0 aliphatic rings. The summed E-state index contributed by atoms with van der Waals surface area (Å²) in [7, 11) is 1.59. The zero-order valence-electron chi connectivity index (χ0n) is 10.9. The van der Waals surface area contributed by atoms with Crippen molar-refractivity contribution in [1.29, 1.82) is 0 Å². The van der Waals surface area contributed by atoms with E-state index in [-0.39, 0.29) is 25.7 Å². The van der Waals surface area contributed by atoms with E-state index >= 15 is 0 Å². The van der Waals surface area contributed by atoms with E-state index in [0.29, 0.717) is 15.6 Å². The van der Waals surface area contributed by atoms with Gasteiger partial charge >= 0.3 is 0 Å². The van der Waals surface area contributed by atoms with E-state index in [1.54, 1.807) is 26.1 Å². The number of carbonyl (C=O) groups is 1. The molecule has 4 nitrogen and oxygen atoms in total. The van der Waals surface area contributed by atoms with E-state index in [9.17, 15) is 15.0 Å². The predicted molar refractivity (Wildman–Crippen MR) is 75.7 cm³/mol. The summed E-state index contributed by atoms with van der Waals surface area (Å²) >= 11 is 11.8. The molecule has 0 bridgehead atoms. The Morgan fingerprint density at radius 2 is 1.89 bits per heavy atom. The smallest absolute Gasteiger partial charge is 0.255 e. The van der Waals surface area contributed by atoms with Crippen LogP contribution >= 0.6 is 23.2 Å². The minimum Gasteiger partial charge on any atom is -0.396 e. The van der Waals surface area contributed by atoms with E-state index in [1.165, 1.54) is 11.0 Å². The molecule has 0 saturated heterocycles. The second-order valence-electron chi connectivity index (χ2n) is 4.91. The normalized spacial score (nSPS) is 11.5. The summed E-state index contributed by atoms with van der Waals surface area (Å²) in [5, 5.41) is 19.2. The highest BCUT2D eigenvalue weighted by Crippen LogP contribution is 2.23. The topological polar surface area (TPSA) is 60.8 Å². The summed E-state index contributed by atoms with van der Waals surface area (Å²) in [5.41, 5.74) is -0.454. The molecule has 0 aliphatic heterocycles. The van der Waals surface area contributed by atoms with Gasteiger partial charge in [0.25, 0.3) is 5.91 Å². The average Bonchev–Trinajstić information content (AvgIpc) is 2.40. The number of aliphatic hydroxyl groups excluding tert-OH is 2. The van der Waals surface area contributed by atoms with Crippen molar-refractivity contribution in [2.75, 3.05) is 26.8 Å². The van der Waals surface area contributed by atoms with Crippen molar-refractivity contribution in [2.24, 2.45) is 5.41 Å². The lowest BCUT2D eigenvalue weighted by Crippen LogP contribution is -2.41. The minimum atomic E-state index is -0.755. The molecule has 0 saturated carbocycles. The molecular weight excluding hydrogens is 289 g/mol. The number of rotatable bonds is 5. The van der Waals surface area contributed by atoms with Crippen LogP contribution in [0.4, 0.5) is 0 Å². The molecule has 0 atom stereocenters. The van der Waals surface area contributed by atoms with Crippen LogP contribution in [0.15, 0.2) is 18.2 Å². The van der Waals surface area contributed by atoms with Crippen LogP contribution in [0.2, 0.25) is 10.0 Å². The predicted octanol–water partition coefficient (Wildman–Crippen LogP) is 2.06. The van der Waals surface area contributed by atoms with E-state index in [1.807, 2.05) is 0 Å². The lowest BCUT2D eigenvalue weighted by molar-refractivity contribution is 0.0366. The molecular formula is C13H17Cl2NO3. The van der Waals surface area contributed by atoms with Crippen molar-refractivity contribution in [2.45, 2.75) is 6.92 Å². The number of amides is 1. The van der Waals surface area contributed by atoms with Gasteiger partial charge in [-0.25, -0.2) is 0 Å². The molecule has 0 aromatic heterocycles. The molecule has 1 rings (SSSR count). The standard InChI is InChI=1S/C13H17Cl2NO3/c1-13(7-17,8-18)6-16(2)12(19)10-5-9(14)3-4-11(10)15/h3-5,17-18H,6-8H2,1-2H3. The minimum absolute atomic E-state index is 0.210. The second-order valence-corrected chi connectivity index (χ2v) is 5.76. The maximum atomic E-state index is 12.2. The van der Waals surface area contributed by atoms with Crippen LogP contribution in [-0.2, 0) is 0 Å². The Labute approximate surface area is 122 Å². The molecule has 2 N–H and O–H groups in total. The zero-order chi connectivity index (χ0) is 14.6. The van der Waals surface area contributed by atoms with Crippen molar-refractivity contribution in [3.8, 4) is 0 Å². The average molecular weight is 306 g/mol. The van der Waals surface area contributed by atoms with Crippen molar-refractivity contribution in [1.82, 2.24) is 4.90 Å². The van der Waals surface area contributed by atoms with Crippen LogP contribution in [0, 0.1) is 5.41 Å². The third kappa shape index (κ3) is 4.08. The first-order chi connectivity index (χ1) is 8.83. The quantitative estimate of drug-likeness (QED) is 0.875. The molecule has 0 heterocycles. The van der Waals surface area contributed by atoms with Gasteiger partial charge in [0.1, 0.15) is 0 Å². The highest BCUT2D eigenvalue weighted by Gasteiger charge is 2.27. The van der Waals surface area contributed by atoms with E-state index in [0.717, 1.165) is 0 Å². The molecule has 0 fully saturated rings. The lowest BCUT2D eigenvalue weighted by Gasteiger charge is -2.30. The Morgan fingerprint density at radius 1 is 1.32 bits per heavy atom. The molecule has 106 valence electrons. The van der Waals surface area contributed by atoms with Gasteiger partial charge in [-0.05, 0) is 18.2 Å². The number of nitrogens with zero attached hydrogens (tertiary/aromatic N) is 1. The van der Waals surface area contributed by atoms with Gasteiger partial charge < -0.3 is 15.1 Å². The van der Waals surface area contributed by atoms with Gasteiger partial charge in [-0.3, -0.25) is 4.79 Å². The van der Waals surface area contributed by atoms with Gasteiger partial charge in [0.2, 0.25) is 0 Å². The van der Waals surface area contributed by atoms with Crippen molar-refractivity contribution >= 4 is 29.1 Å². The molecule has 0 aliphatic carbocycles. The zero-order valence-corrected chi connectivity index (χ0v) is 12.4. The van der Waals surface area contributed by atoms with Crippen LogP contribution in [0.5, 0.6) is 0 Å². The van der Waals surface area contributed by atoms with Crippen molar-refractivity contribution in [3.63, 3.8) is 0 Å². The Bertz CT molecular complexity index is 461. The largest absolute Gasteiger partial charge is 0.396 e. The lowest BCUT2D eigenvalue weighted by atomic mass is 9.92. The first kappa shape index (κ1) is 16.2. The first-order valence-electron chi connectivity index (χ1n) is 5.75. The third-order valence-electron chi connectivity index (χ3n) is 2.89. The summed E-state index contributed by atoms with van der Waals surface area (Å²) in [6.07, 6.45) is 0. The van der Waals surface area contributed by atoms with Crippen molar-refractivity contribution < 1.29 is 15.0 Å². The van der Waals surface area contributed by atoms with Crippen LogP contribution in [-0.4, -0.2) is 47.8 Å². The first-order valence-corrected chi connectivity index (χ1v) is 6.51. The van der Waals surface area contributed by atoms with E-state index in [4.69, 9.17) is 23.2 Å². The number of carbonyl (C=O) groups excluding carboxylic acids is 1. The Hall–Kier alpha value is -0.810. The second kappa shape index (κ2) is 6.57. The van der Waals surface area contributed by atoms with Gasteiger partial charge in [-0.2, -0.15) is 0 Å². The molecule has 1 aromatic rings. The van der Waals surface area contributed by atoms with E-state index in [2.05, 4.69) is 0 Å². The summed E-state index contributed by atoms with van der Waals surface area (Å²) in [5.74, 6) is -0.305.